The van der Waals surface area contributed by atoms with Gasteiger partial charge in [-0.1, -0.05) is 6.07 Å². The van der Waals surface area contributed by atoms with Gasteiger partial charge in [-0.05, 0) is 63.3 Å². The van der Waals surface area contributed by atoms with Crippen LogP contribution in [0.5, 0.6) is 0 Å². The lowest BCUT2D eigenvalue weighted by atomic mass is 9.91. The van der Waals surface area contributed by atoms with Gasteiger partial charge in [0.2, 0.25) is 0 Å². The fourth-order valence-corrected chi connectivity index (χ4v) is 5.75. The van der Waals surface area contributed by atoms with Crippen LogP contribution in [-0.4, -0.2) is 47.7 Å². The van der Waals surface area contributed by atoms with E-state index in [0.29, 0.717) is 10.6 Å². The molecule has 1 saturated heterocycles. The molecular formula is C24H29N5O2S. The van der Waals surface area contributed by atoms with Crippen LogP contribution < -0.4 is 16.0 Å². The van der Waals surface area contributed by atoms with Gasteiger partial charge in [0.1, 0.15) is 15.5 Å². The van der Waals surface area contributed by atoms with Gasteiger partial charge < -0.3 is 20.7 Å². The molecule has 3 aromatic rings. The number of methoxy groups -OCH3 is 1. The number of fused-ring (bicyclic) bond motifs is 2. The molecule has 3 aromatic heterocycles. The number of hydrogen-bond acceptors (Lipinski definition) is 7. The molecule has 7 nitrogen and oxygen atoms in total. The predicted octanol–water partition coefficient (Wildman–Crippen LogP) is 3.48. The summed E-state index contributed by atoms with van der Waals surface area (Å²) in [5, 5.41) is 4.04. The Labute approximate surface area is 192 Å². The van der Waals surface area contributed by atoms with E-state index in [9.17, 15) is 4.79 Å². The van der Waals surface area contributed by atoms with Gasteiger partial charge in [-0.15, -0.1) is 11.3 Å². The average Bonchev–Trinajstić information content (AvgIpc) is 3.34. The fourth-order valence-electron chi connectivity index (χ4n) is 4.70. The van der Waals surface area contributed by atoms with E-state index in [1.165, 1.54) is 16.9 Å². The molecule has 0 unspecified atom stereocenters. The van der Waals surface area contributed by atoms with Gasteiger partial charge in [0.05, 0.1) is 11.3 Å². The summed E-state index contributed by atoms with van der Waals surface area (Å²) in [4.78, 5) is 26.1. The van der Waals surface area contributed by atoms with Crippen molar-refractivity contribution in [3.63, 3.8) is 0 Å². The first-order valence-corrected chi connectivity index (χ1v) is 11.9. The maximum Gasteiger partial charge on any atom is 0.263 e. The maximum absolute atomic E-state index is 13.0. The molecular weight excluding hydrogens is 422 g/mol. The molecule has 8 heteroatoms. The van der Waals surface area contributed by atoms with Crippen molar-refractivity contribution >= 4 is 39.0 Å². The van der Waals surface area contributed by atoms with Gasteiger partial charge in [-0.3, -0.25) is 4.79 Å². The number of aryl methyl sites for hydroxylation is 2. The third-order valence-electron chi connectivity index (χ3n) is 6.78. The third kappa shape index (κ3) is 3.82. The molecule has 2 aliphatic rings. The van der Waals surface area contributed by atoms with E-state index in [0.717, 1.165) is 66.2 Å². The number of nitrogens with zero attached hydrogens (tertiary/aromatic N) is 3. The number of amides is 1. The molecule has 1 amide bonds. The second-order valence-corrected chi connectivity index (χ2v) is 10.2. The van der Waals surface area contributed by atoms with E-state index >= 15 is 0 Å². The summed E-state index contributed by atoms with van der Waals surface area (Å²) in [5.74, 6) is 0.907. The van der Waals surface area contributed by atoms with Gasteiger partial charge >= 0.3 is 0 Å². The summed E-state index contributed by atoms with van der Waals surface area (Å²) in [6.07, 6.45) is 3.51. The molecule has 1 fully saturated rings. The second-order valence-electron chi connectivity index (χ2n) is 9.16. The fraction of sp³-hybridized carbons (Fsp3) is 0.458. The molecule has 32 heavy (non-hydrogen) atoms. The van der Waals surface area contributed by atoms with E-state index in [1.807, 2.05) is 19.1 Å². The molecule has 1 aliphatic heterocycles. The number of aromatic nitrogens is 2. The first-order valence-electron chi connectivity index (χ1n) is 11.1. The Morgan fingerprint density at radius 2 is 2.16 bits per heavy atom. The molecule has 0 saturated carbocycles. The van der Waals surface area contributed by atoms with Gasteiger partial charge in [0.15, 0.2) is 0 Å². The van der Waals surface area contributed by atoms with Crippen LogP contribution in [0.15, 0.2) is 24.3 Å². The highest BCUT2D eigenvalue weighted by molar-refractivity contribution is 7.21. The van der Waals surface area contributed by atoms with E-state index in [1.54, 1.807) is 7.11 Å². The number of nitrogen functional groups attached to an aromatic ring is 1. The maximum atomic E-state index is 13.0. The monoisotopic (exact) mass is 451 g/mol. The highest BCUT2D eigenvalue weighted by Gasteiger charge is 2.34. The highest BCUT2D eigenvalue weighted by Crippen LogP contribution is 2.33. The standard InChI is InChI=1S/C24H29N5O2S/c1-14-4-7-17-20(25)21(32-23(17)26-14)22(30)27-16-6-8-18-15(12-16)5-9-19(28-18)29-11-10-24(2,13-29)31-3/h4-5,7,9,16H,6,8,10-13,25H2,1-3H3,(H,27,30)/t16-,24+/m0/s1. The van der Waals surface area contributed by atoms with E-state index in [-0.39, 0.29) is 17.6 Å². The van der Waals surface area contributed by atoms with Crippen molar-refractivity contribution < 1.29 is 9.53 Å². The molecule has 1 aliphatic carbocycles. The molecule has 5 rings (SSSR count). The smallest absolute Gasteiger partial charge is 0.263 e. The minimum absolute atomic E-state index is 0.0746. The van der Waals surface area contributed by atoms with Crippen LogP contribution in [0.25, 0.3) is 10.2 Å². The van der Waals surface area contributed by atoms with Crippen molar-refractivity contribution in [3.05, 3.63) is 46.1 Å². The van der Waals surface area contributed by atoms with Gasteiger partial charge in [0, 0.05) is 43.0 Å². The van der Waals surface area contributed by atoms with Crippen molar-refractivity contribution in [3.8, 4) is 0 Å². The Bertz CT molecular complexity index is 1190. The van der Waals surface area contributed by atoms with Crippen LogP contribution in [0.3, 0.4) is 0 Å². The number of carbonyl (C=O) groups excluding carboxylic acids is 1. The summed E-state index contributed by atoms with van der Waals surface area (Å²) in [7, 11) is 1.78. The molecule has 3 N–H and O–H groups in total. The zero-order chi connectivity index (χ0) is 22.5. The van der Waals surface area contributed by atoms with Gasteiger partial charge in [0.25, 0.3) is 5.91 Å². The predicted molar refractivity (Wildman–Crippen MR) is 129 cm³/mol. The number of hydrogen-bond donors (Lipinski definition) is 2. The van der Waals surface area contributed by atoms with Crippen molar-refractivity contribution in [2.24, 2.45) is 0 Å². The lowest BCUT2D eigenvalue weighted by Gasteiger charge is -2.27. The average molecular weight is 452 g/mol. The van der Waals surface area contributed by atoms with Gasteiger partial charge in [-0.25, -0.2) is 9.97 Å². The third-order valence-corrected chi connectivity index (χ3v) is 7.89. The first-order chi connectivity index (χ1) is 15.3. The zero-order valence-electron chi connectivity index (χ0n) is 18.8. The number of pyridine rings is 2. The van der Waals surface area contributed by atoms with Crippen LogP contribution >= 0.6 is 11.3 Å². The quantitative estimate of drug-likeness (QED) is 0.631. The molecule has 2 atom stereocenters. The van der Waals surface area contributed by atoms with Gasteiger partial charge in [-0.2, -0.15) is 0 Å². The highest BCUT2D eigenvalue weighted by atomic mass is 32.1. The van der Waals surface area contributed by atoms with Crippen LogP contribution in [-0.2, 0) is 17.6 Å². The SMILES string of the molecule is CO[C@]1(C)CCN(c2ccc3c(n2)CC[C@H](NC(=O)c2sc4nc(C)ccc4c2N)C3)C1. The number of rotatable bonds is 4. The number of thiophene rings is 1. The molecule has 0 radical (unpaired) electrons. The molecule has 0 spiro atoms. The van der Waals surface area contributed by atoms with E-state index < -0.39 is 0 Å². The van der Waals surface area contributed by atoms with Crippen molar-refractivity contribution in [2.45, 2.75) is 51.2 Å². The number of nitrogens with two attached hydrogens (primary N) is 1. The van der Waals surface area contributed by atoms with Crippen molar-refractivity contribution in [1.82, 2.24) is 15.3 Å². The Kier molecular flexibility index (Phi) is 5.29. The lowest BCUT2D eigenvalue weighted by Crippen LogP contribution is -2.39. The Morgan fingerprint density at radius 1 is 1.31 bits per heavy atom. The first kappa shape index (κ1) is 21.2. The second kappa shape index (κ2) is 8.01. The minimum atomic E-state index is -0.114. The van der Waals surface area contributed by atoms with Crippen LogP contribution in [0.1, 0.15) is 46.4 Å². The van der Waals surface area contributed by atoms with Crippen LogP contribution in [0, 0.1) is 6.92 Å². The lowest BCUT2D eigenvalue weighted by molar-refractivity contribution is 0.0256. The summed E-state index contributed by atoms with van der Waals surface area (Å²) >= 11 is 1.36. The van der Waals surface area contributed by atoms with E-state index in [4.69, 9.17) is 15.5 Å². The molecule has 168 valence electrons. The Morgan fingerprint density at radius 3 is 2.94 bits per heavy atom. The molecule has 0 bridgehead atoms. The number of ether oxygens (including phenoxy) is 1. The largest absolute Gasteiger partial charge is 0.397 e. The van der Waals surface area contributed by atoms with E-state index in [2.05, 4.69) is 34.3 Å². The Balaban J connectivity index is 1.28. The normalized spacial score (nSPS) is 22.8. The molecule has 4 heterocycles. The summed E-state index contributed by atoms with van der Waals surface area (Å²) in [6, 6.07) is 8.20. The molecule has 0 aromatic carbocycles. The summed E-state index contributed by atoms with van der Waals surface area (Å²) in [5.41, 5.74) is 9.95. The zero-order valence-corrected chi connectivity index (χ0v) is 19.6. The summed E-state index contributed by atoms with van der Waals surface area (Å²) < 4.78 is 5.66. The van der Waals surface area contributed by atoms with Crippen LogP contribution in [0.4, 0.5) is 11.5 Å². The minimum Gasteiger partial charge on any atom is -0.397 e. The van der Waals surface area contributed by atoms with Crippen molar-refractivity contribution in [2.75, 3.05) is 30.8 Å². The number of nitrogens with one attached hydrogen (secondary N) is 1. The summed E-state index contributed by atoms with van der Waals surface area (Å²) in [6.45, 7) is 5.91. The van der Waals surface area contributed by atoms with Crippen LogP contribution in [0.2, 0.25) is 0 Å². The van der Waals surface area contributed by atoms with Crippen molar-refractivity contribution in [1.29, 1.82) is 0 Å². The number of carbonyl (C=O) groups is 1. The Hall–Kier alpha value is -2.71. The topological polar surface area (TPSA) is 93.4 Å². The number of anilines is 2.